The van der Waals surface area contributed by atoms with Crippen LogP contribution in [0.2, 0.25) is 18.8 Å². The minimum atomic E-state index is -1.69. The molecule has 0 aromatic carbocycles. The molecule has 0 radical (unpaired) electrons. The van der Waals surface area contributed by atoms with Gasteiger partial charge in [0, 0.05) is 0 Å². The summed E-state index contributed by atoms with van der Waals surface area (Å²) >= 11 is -1.69. The Balaban J connectivity index is 4.09. The molecule has 0 aromatic heterocycles. The maximum atomic E-state index is 2.54. The van der Waals surface area contributed by atoms with Gasteiger partial charge in [-0.15, -0.1) is 0 Å². The summed E-state index contributed by atoms with van der Waals surface area (Å²) in [6, 6.07) is 0. The van der Waals surface area contributed by atoms with Crippen molar-refractivity contribution >= 4 is 18.4 Å². The fourth-order valence-corrected chi connectivity index (χ4v) is 7.00. The summed E-state index contributed by atoms with van der Waals surface area (Å²) in [7, 11) is 0. The Hall–Kier alpha value is 0.279. The second-order valence-corrected chi connectivity index (χ2v) is 19.8. The van der Waals surface area contributed by atoms with E-state index >= 15 is 0 Å². The van der Waals surface area contributed by atoms with Gasteiger partial charge in [-0.05, 0) is 0 Å². The molecule has 0 rings (SSSR count). The Kier molecular flexibility index (Phi) is 6.02. The summed E-state index contributed by atoms with van der Waals surface area (Å²) in [5.74, 6) is 0. The van der Waals surface area contributed by atoms with E-state index in [2.05, 4.69) is 49.7 Å². The van der Waals surface area contributed by atoms with Gasteiger partial charge in [0.15, 0.2) is 0 Å². The van der Waals surface area contributed by atoms with Crippen molar-refractivity contribution in [3.63, 3.8) is 0 Å². The molecular weight excluding hydrogens is 263 g/mol. The predicted molar refractivity (Wildman–Crippen MR) is 66.0 cm³/mol. The molecule has 0 aliphatic carbocycles. The van der Waals surface area contributed by atoms with Crippen LogP contribution < -0.4 is 0 Å². The number of hydrogen-bond acceptors (Lipinski definition) is 0. The fourth-order valence-electron chi connectivity index (χ4n) is 1.04. The molecule has 0 aliphatic rings. The molecule has 0 saturated carbocycles. The van der Waals surface area contributed by atoms with Gasteiger partial charge in [-0.2, -0.15) is 0 Å². The third kappa shape index (κ3) is 8.60. The van der Waals surface area contributed by atoms with Crippen molar-refractivity contribution in [1.29, 1.82) is 0 Å². The van der Waals surface area contributed by atoms with E-state index < -0.39 is 18.4 Å². The van der Waals surface area contributed by atoms with Gasteiger partial charge in [-0.3, -0.25) is 0 Å². The van der Waals surface area contributed by atoms with Crippen LogP contribution in [-0.4, -0.2) is 18.4 Å². The molecule has 0 fully saturated rings. The first kappa shape index (κ1) is 13.3. The van der Waals surface area contributed by atoms with Gasteiger partial charge in [-0.1, -0.05) is 0 Å². The summed E-state index contributed by atoms with van der Waals surface area (Å²) in [5.41, 5.74) is 2.95. The summed E-state index contributed by atoms with van der Waals surface area (Å²) in [4.78, 5) is 5.07. The molecule has 13 heavy (non-hydrogen) atoms. The first-order valence-electron chi connectivity index (χ1n) is 5.10. The van der Waals surface area contributed by atoms with Crippen LogP contribution >= 0.6 is 0 Å². The van der Waals surface area contributed by atoms with Crippen LogP contribution in [0.25, 0.3) is 0 Å². The van der Waals surface area contributed by atoms with Crippen molar-refractivity contribution in [3.8, 4) is 0 Å². The SMILES string of the molecule is CC(C)=C[CH2][Sn]([CH3])([CH3])[CH2]C=C(C)C. The average molecular weight is 287 g/mol. The van der Waals surface area contributed by atoms with E-state index in [-0.39, 0.29) is 0 Å². The topological polar surface area (TPSA) is 0 Å². The van der Waals surface area contributed by atoms with E-state index in [9.17, 15) is 0 Å². The Morgan fingerprint density at radius 3 is 1.38 bits per heavy atom. The van der Waals surface area contributed by atoms with Gasteiger partial charge in [0.05, 0.1) is 0 Å². The van der Waals surface area contributed by atoms with Crippen LogP contribution in [0.4, 0.5) is 0 Å². The molecule has 0 nitrogen and oxygen atoms in total. The molecule has 0 saturated heterocycles. The van der Waals surface area contributed by atoms with Gasteiger partial charge in [-0.25, -0.2) is 0 Å². The van der Waals surface area contributed by atoms with Gasteiger partial charge >= 0.3 is 88.1 Å². The van der Waals surface area contributed by atoms with E-state index in [1.165, 1.54) is 20.0 Å². The van der Waals surface area contributed by atoms with Crippen LogP contribution in [-0.2, 0) is 0 Å². The van der Waals surface area contributed by atoms with Crippen LogP contribution in [0.15, 0.2) is 23.3 Å². The average Bonchev–Trinajstić information content (AvgIpc) is 1.98. The standard InChI is InChI=1S/2C5H9.2CH3.Sn/c2*1-4-5(2)3;;;/h2*4H,1H2,2-3H3;2*1H3;. The van der Waals surface area contributed by atoms with E-state index in [1.807, 2.05) is 0 Å². The molecule has 0 atom stereocenters. The minimum absolute atomic E-state index is 1.39. The van der Waals surface area contributed by atoms with E-state index in [4.69, 9.17) is 0 Å². The Labute approximate surface area is 88.0 Å². The molecule has 0 bridgehead atoms. The van der Waals surface area contributed by atoms with E-state index in [0.29, 0.717) is 0 Å². The summed E-state index contributed by atoms with van der Waals surface area (Å²) in [6.07, 6.45) is 4.85. The van der Waals surface area contributed by atoms with Crippen molar-refractivity contribution in [2.75, 3.05) is 0 Å². The maximum absolute atomic E-state index is 2.54. The molecule has 76 valence electrons. The second-order valence-electron chi connectivity index (χ2n) is 5.14. The molecule has 1 heteroatoms. The van der Waals surface area contributed by atoms with Crippen molar-refractivity contribution < 1.29 is 0 Å². The zero-order valence-corrected chi connectivity index (χ0v) is 12.9. The third-order valence-corrected chi connectivity index (χ3v) is 9.60. The first-order chi connectivity index (χ1) is 5.83. The first-order valence-corrected chi connectivity index (χ1v) is 14.8. The van der Waals surface area contributed by atoms with Crippen LogP contribution in [0, 0.1) is 0 Å². The van der Waals surface area contributed by atoms with Crippen molar-refractivity contribution in [3.05, 3.63) is 23.3 Å². The molecule has 0 unspecified atom stereocenters. The zero-order chi connectivity index (χ0) is 10.5. The number of allylic oxidation sites excluding steroid dienone is 4. The normalized spacial score (nSPS) is 10.9. The Morgan fingerprint density at radius 1 is 0.846 bits per heavy atom. The Bertz CT molecular complexity index is 179. The van der Waals surface area contributed by atoms with E-state index in [0.717, 1.165) is 0 Å². The molecule has 0 N–H and O–H groups in total. The summed E-state index contributed by atoms with van der Waals surface area (Å²) in [6.45, 7) is 8.79. The van der Waals surface area contributed by atoms with Crippen molar-refractivity contribution in [2.24, 2.45) is 0 Å². The molecule has 0 aliphatic heterocycles. The number of rotatable bonds is 4. The molecule has 0 aromatic rings. The second kappa shape index (κ2) is 5.89. The van der Waals surface area contributed by atoms with Crippen LogP contribution in [0.3, 0.4) is 0 Å². The van der Waals surface area contributed by atoms with Crippen LogP contribution in [0.5, 0.6) is 0 Å². The van der Waals surface area contributed by atoms with Gasteiger partial charge in [0.1, 0.15) is 0 Å². The molecule has 0 heterocycles. The van der Waals surface area contributed by atoms with Gasteiger partial charge in [0.2, 0.25) is 0 Å². The fraction of sp³-hybridized carbons (Fsp3) is 0.667. The van der Waals surface area contributed by atoms with Gasteiger partial charge in [0.25, 0.3) is 0 Å². The summed E-state index contributed by atoms with van der Waals surface area (Å²) in [5, 5.41) is 0. The third-order valence-electron chi connectivity index (χ3n) is 2.13. The zero-order valence-electron chi connectivity index (χ0n) is 10.1. The van der Waals surface area contributed by atoms with Crippen molar-refractivity contribution in [2.45, 2.75) is 46.4 Å². The Morgan fingerprint density at radius 2 is 1.15 bits per heavy atom. The van der Waals surface area contributed by atoms with Crippen molar-refractivity contribution in [1.82, 2.24) is 0 Å². The van der Waals surface area contributed by atoms with Gasteiger partial charge < -0.3 is 0 Å². The monoisotopic (exact) mass is 288 g/mol. The quantitative estimate of drug-likeness (QED) is 0.522. The molecule has 0 spiro atoms. The van der Waals surface area contributed by atoms with Crippen LogP contribution in [0.1, 0.15) is 27.7 Å². The van der Waals surface area contributed by atoms with E-state index in [1.54, 1.807) is 0 Å². The number of hydrogen-bond donors (Lipinski definition) is 0. The predicted octanol–water partition coefficient (Wildman–Crippen LogP) is 4.63. The summed E-state index contributed by atoms with van der Waals surface area (Å²) < 4.78 is 2.78. The molecular formula is C12H24Sn. The molecule has 0 amide bonds.